The minimum atomic E-state index is 0.193. The Balaban J connectivity index is 2.50. The zero-order valence-corrected chi connectivity index (χ0v) is 7.12. The summed E-state index contributed by atoms with van der Waals surface area (Å²) >= 11 is 0. The van der Waals surface area contributed by atoms with Crippen LogP contribution in [0.25, 0.3) is 5.82 Å². The van der Waals surface area contributed by atoms with Crippen LogP contribution in [0.1, 0.15) is 5.56 Å². The number of nitrogen functional groups attached to an aromatic ring is 1. The van der Waals surface area contributed by atoms with E-state index in [1.807, 2.05) is 6.07 Å². The highest BCUT2D eigenvalue weighted by Gasteiger charge is 2.06. The molecular formula is C8H6N6. The van der Waals surface area contributed by atoms with Crippen LogP contribution in [0.4, 0.5) is 5.82 Å². The molecule has 2 aromatic rings. The van der Waals surface area contributed by atoms with Crippen LogP contribution in [-0.2, 0) is 0 Å². The summed E-state index contributed by atoms with van der Waals surface area (Å²) in [6.07, 6.45) is 6.15. The van der Waals surface area contributed by atoms with Crippen molar-refractivity contribution in [3.63, 3.8) is 0 Å². The van der Waals surface area contributed by atoms with E-state index in [1.54, 1.807) is 12.4 Å². The van der Waals surface area contributed by atoms with Crippen LogP contribution in [0, 0.1) is 11.3 Å². The van der Waals surface area contributed by atoms with Crippen LogP contribution in [0.5, 0.6) is 0 Å². The molecule has 6 heteroatoms. The Morgan fingerprint density at radius 3 is 2.86 bits per heavy atom. The summed E-state index contributed by atoms with van der Waals surface area (Å²) in [7, 11) is 0. The molecule has 0 unspecified atom stereocenters. The number of hydrogen-bond acceptors (Lipinski definition) is 5. The first-order valence-corrected chi connectivity index (χ1v) is 3.83. The monoisotopic (exact) mass is 186 g/mol. The molecule has 0 saturated carbocycles. The number of hydrogen-bond donors (Lipinski definition) is 1. The number of aromatic nitrogens is 4. The predicted molar refractivity (Wildman–Crippen MR) is 48.3 cm³/mol. The SMILES string of the molecule is N#Cc1cn(-c2cnccn2)nc1N. The van der Waals surface area contributed by atoms with E-state index in [9.17, 15) is 0 Å². The lowest BCUT2D eigenvalue weighted by atomic mass is 10.4. The number of nitrogens with zero attached hydrogens (tertiary/aromatic N) is 5. The van der Waals surface area contributed by atoms with Crippen molar-refractivity contribution in [3.05, 3.63) is 30.4 Å². The summed E-state index contributed by atoms with van der Waals surface area (Å²) in [4.78, 5) is 7.89. The van der Waals surface area contributed by atoms with Crippen molar-refractivity contribution in [1.29, 1.82) is 5.26 Å². The van der Waals surface area contributed by atoms with Gasteiger partial charge in [0.25, 0.3) is 0 Å². The number of anilines is 1. The second-order valence-electron chi connectivity index (χ2n) is 2.55. The van der Waals surface area contributed by atoms with Gasteiger partial charge in [-0.2, -0.15) is 5.26 Å². The fraction of sp³-hybridized carbons (Fsp3) is 0. The van der Waals surface area contributed by atoms with Crippen molar-refractivity contribution in [2.45, 2.75) is 0 Å². The average Bonchev–Trinajstić information content (AvgIpc) is 2.61. The van der Waals surface area contributed by atoms with Crippen LogP contribution in [0.15, 0.2) is 24.8 Å². The topological polar surface area (TPSA) is 93.4 Å². The molecule has 68 valence electrons. The molecule has 0 bridgehead atoms. The van der Waals surface area contributed by atoms with Gasteiger partial charge in [-0.15, -0.1) is 5.10 Å². The molecule has 0 aromatic carbocycles. The Morgan fingerprint density at radius 2 is 2.29 bits per heavy atom. The Morgan fingerprint density at radius 1 is 1.43 bits per heavy atom. The molecule has 2 aromatic heterocycles. The fourth-order valence-corrected chi connectivity index (χ4v) is 1.00. The first-order valence-electron chi connectivity index (χ1n) is 3.83. The van der Waals surface area contributed by atoms with Gasteiger partial charge in [0.2, 0.25) is 0 Å². The zero-order chi connectivity index (χ0) is 9.97. The van der Waals surface area contributed by atoms with Crippen molar-refractivity contribution >= 4 is 5.82 Å². The van der Waals surface area contributed by atoms with Crippen LogP contribution >= 0.6 is 0 Å². The van der Waals surface area contributed by atoms with E-state index in [4.69, 9.17) is 11.0 Å². The van der Waals surface area contributed by atoms with Gasteiger partial charge < -0.3 is 5.73 Å². The largest absolute Gasteiger partial charge is 0.381 e. The van der Waals surface area contributed by atoms with Gasteiger partial charge in [0, 0.05) is 12.4 Å². The first-order chi connectivity index (χ1) is 6.81. The van der Waals surface area contributed by atoms with E-state index in [2.05, 4.69) is 15.1 Å². The molecule has 0 saturated heterocycles. The Kier molecular flexibility index (Phi) is 1.84. The summed E-state index contributed by atoms with van der Waals surface area (Å²) < 4.78 is 1.42. The van der Waals surface area contributed by atoms with Crippen molar-refractivity contribution in [1.82, 2.24) is 19.7 Å². The van der Waals surface area contributed by atoms with Gasteiger partial charge in [0.15, 0.2) is 11.6 Å². The number of nitrogens with two attached hydrogens (primary N) is 1. The Labute approximate surface area is 79.6 Å². The summed E-state index contributed by atoms with van der Waals surface area (Å²) in [5, 5.41) is 12.6. The van der Waals surface area contributed by atoms with E-state index >= 15 is 0 Å². The standard InChI is InChI=1S/C8H6N6/c9-3-6-5-14(13-8(6)10)7-4-11-1-2-12-7/h1-2,4-5H,(H2,10,13). The Hall–Kier alpha value is -2.42. The highest BCUT2D eigenvalue weighted by atomic mass is 15.3. The summed E-state index contributed by atoms with van der Waals surface area (Å²) in [5.41, 5.74) is 5.82. The predicted octanol–water partition coefficient (Wildman–Crippen LogP) is 0.116. The van der Waals surface area contributed by atoms with Crippen molar-refractivity contribution in [2.24, 2.45) is 0 Å². The van der Waals surface area contributed by atoms with E-state index in [1.165, 1.54) is 17.1 Å². The minimum absolute atomic E-state index is 0.193. The van der Waals surface area contributed by atoms with Gasteiger partial charge in [0.05, 0.1) is 12.4 Å². The quantitative estimate of drug-likeness (QED) is 0.682. The van der Waals surface area contributed by atoms with E-state index in [-0.39, 0.29) is 5.82 Å². The van der Waals surface area contributed by atoms with E-state index < -0.39 is 0 Å². The molecule has 0 aliphatic carbocycles. The molecule has 6 nitrogen and oxygen atoms in total. The average molecular weight is 186 g/mol. The smallest absolute Gasteiger partial charge is 0.171 e. The summed E-state index contributed by atoms with van der Waals surface area (Å²) in [6.45, 7) is 0. The minimum Gasteiger partial charge on any atom is -0.381 e. The molecule has 2 N–H and O–H groups in total. The highest BCUT2D eigenvalue weighted by Crippen LogP contribution is 2.09. The van der Waals surface area contributed by atoms with Gasteiger partial charge in [0.1, 0.15) is 11.6 Å². The molecule has 0 fully saturated rings. The zero-order valence-electron chi connectivity index (χ0n) is 7.12. The fourth-order valence-electron chi connectivity index (χ4n) is 1.00. The molecule has 0 aliphatic heterocycles. The maximum Gasteiger partial charge on any atom is 0.171 e. The van der Waals surface area contributed by atoms with Crippen molar-refractivity contribution < 1.29 is 0 Å². The molecule has 0 aliphatic rings. The third-order valence-electron chi connectivity index (χ3n) is 1.65. The molecule has 2 heterocycles. The molecule has 2 rings (SSSR count). The van der Waals surface area contributed by atoms with Crippen LogP contribution in [0.3, 0.4) is 0 Å². The second kappa shape index (κ2) is 3.14. The second-order valence-corrected chi connectivity index (χ2v) is 2.55. The van der Waals surface area contributed by atoms with Gasteiger partial charge >= 0.3 is 0 Å². The summed E-state index contributed by atoms with van der Waals surface area (Å²) in [5.74, 6) is 0.721. The van der Waals surface area contributed by atoms with Gasteiger partial charge in [-0.25, -0.2) is 9.67 Å². The van der Waals surface area contributed by atoms with Gasteiger partial charge in [-0.05, 0) is 0 Å². The van der Waals surface area contributed by atoms with Gasteiger partial charge in [-0.1, -0.05) is 0 Å². The lowest BCUT2D eigenvalue weighted by Gasteiger charge is -1.95. The molecule has 0 atom stereocenters. The number of rotatable bonds is 1. The van der Waals surface area contributed by atoms with Crippen LogP contribution in [0.2, 0.25) is 0 Å². The maximum atomic E-state index is 8.66. The van der Waals surface area contributed by atoms with E-state index in [0.29, 0.717) is 11.4 Å². The lowest BCUT2D eigenvalue weighted by Crippen LogP contribution is -1.98. The molecule has 14 heavy (non-hydrogen) atoms. The normalized spacial score (nSPS) is 9.64. The molecule has 0 radical (unpaired) electrons. The molecular weight excluding hydrogens is 180 g/mol. The molecule has 0 spiro atoms. The highest BCUT2D eigenvalue weighted by molar-refractivity contribution is 5.47. The van der Waals surface area contributed by atoms with Crippen LogP contribution < -0.4 is 5.73 Å². The van der Waals surface area contributed by atoms with E-state index in [0.717, 1.165) is 0 Å². The first kappa shape index (κ1) is 8.19. The summed E-state index contributed by atoms with van der Waals surface area (Å²) in [6, 6.07) is 1.93. The third-order valence-corrected chi connectivity index (χ3v) is 1.65. The maximum absolute atomic E-state index is 8.66. The van der Waals surface area contributed by atoms with Crippen LogP contribution in [-0.4, -0.2) is 19.7 Å². The van der Waals surface area contributed by atoms with Gasteiger partial charge in [-0.3, -0.25) is 4.98 Å². The number of nitriles is 1. The third kappa shape index (κ3) is 1.27. The Bertz CT molecular complexity index is 480. The van der Waals surface area contributed by atoms with Crippen molar-refractivity contribution in [3.8, 4) is 11.9 Å². The van der Waals surface area contributed by atoms with Crippen molar-refractivity contribution in [2.75, 3.05) is 5.73 Å². The lowest BCUT2D eigenvalue weighted by molar-refractivity contribution is 0.842. The molecule has 0 amide bonds.